The van der Waals surface area contributed by atoms with Crippen molar-refractivity contribution in [1.82, 2.24) is 0 Å². The Morgan fingerprint density at radius 2 is 1.74 bits per heavy atom. The van der Waals surface area contributed by atoms with Gasteiger partial charge in [0.2, 0.25) is 0 Å². The largest absolute Gasteiger partial charge is 0.396 e. The summed E-state index contributed by atoms with van der Waals surface area (Å²) >= 11 is 0. The summed E-state index contributed by atoms with van der Waals surface area (Å²) in [6.45, 7) is 0. The van der Waals surface area contributed by atoms with Gasteiger partial charge in [0.1, 0.15) is 6.42 Å². The molecule has 19 heavy (non-hydrogen) atoms. The molecule has 0 bridgehead atoms. The minimum Gasteiger partial charge on any atom is -0.294 e. The van der Waals surface area contributed by atoms with E-state index in [1.165, 1.54) is 6.07 Å². The quantitative estimate of drug-likeness (QED) is 0.747. The first kappa shape index (κ1) is 12.2. The zero-order valence-electron chi connectivity index (χ0n) is 10.1. The topological polar surface area (TPSA) is 17.1 Å². The van der Waals surface area contributed by atoms with Crippen molar-refractivity contribution in [3.63, 3.8) is 0 Å². The van der Waals surface area contributed by atoms with Gasteiger partial charge in [-0.2, -0.15) is 13.2 Å². The average molecular weight is 264 g/mol. The monoisotopic (exact) mass is 264 g/mol. The Bertz CT molecular complexity index is 661. The van der Waals surface area contributed by atoms with Gasteiger partial charge in [-0.15, -0.1) is 0 Å². The first-order chi connectivity index (χ1) is 8.96. The molecule has 0 radical (unpaired) electrons. The van der Waals surface area contributed by atoms with E-state index in [2.05, 4.69) is 0 Å². The van der Waals surface area contributed by atoms with E-state index in [9.17, 15) is 18.0 Å². The van der Waals surface area contributed by atoms with Gasteiger partial charge in [-0.05, 0) is 34.7 Å². The standard InChI is InChI=1S/C15H11F3O/c16-15(17,18)8-13(19)11-7-6-10-5-4-9-2-1-3-12(11)14(9)10/h1-3,6-7H,4-5,8H2. The third kappa shape index (κ3) is 2.11. The summed E-state index contributed by atoms with van der Waals surface area (Å²) in [6, 6.07) is 8.81. The molecule has 0 heterocycles. The van der Waals surface area contributed by atoms with Crippen LogP contribution in [0.4, 0.5) is 13.2 Å². The van der Waals surface area contributed by atoms with Crippen molar-refractivity contribution in [1.29, 1.82) is 0 Å². The number of hydrogen-bond acceptors (Lipinski definition) is 1. The second kappa shape index (κ2) is 4.08. The number of carbonyl (C=O) groups is 1. The predicted octanol–water partition coefficient (Wildman–Crippen LogP) is 4.07. The Kier molecular flexibility index (Phi) is 2.62. The maximum Gasteiger partial charge on any atom is 0.396 e. The maximum absolute atomic E-state index is 12.3. The van der Waals surface area contributed by atoms with Crippen molar-refractivity contribution in [2.45, 2.75) is 25.4 Å². The van der Waals surface area contributed by atoms with Crippen LogP contribution in [-0.2, 0) is 12.8 Å². The van der Waals surface area contributed by atoms with E-state index in [1.807, 2.05) is 6.07 Å². The van der Waals surface area contributed by atoms with Crippen LogP contribution in [0, 0.1) is 0 Å². The molecule has 0 spiro atoms. The molecule has 3 rings (SSSR count). The molecular formula is C15H11F3O. The third-order valence-corrected chi connectivity index (χ3v) is 3.54. The highest BCUT2D eigenvalue weighted by atomic mass is 19.4. The first-order valence-electron chi connectivity index (χ1n) is 6.09. The van der Waals surface area contributed by atoms with E-state index in [-0.39, 0.29) is 5.56 Å². The van der Waals surface area contributed by atoms with Gasteiger partial charge in [-0.3, -0.25) is 4.79 Å². The molecule has 0 fully saturated rings. The van der Waals surface area contributed by atoms with E-state index >= 15 is 0 Å². The van der Waals surface area contributed by atoms with Gasteiger partial charge in [-0.25, -0.2) is 0 Å². The molecule has 0 atom stereocenters. The number of benzene rings is 2. The molecule has 98 valence electrons. The number of alkyl halides is 3. The van der Waals surface area contributed by atoms with Crippen LogP contribution in [0.25, 0.3) is 10.8 Å². The van der Waals surface area contributed by atoms with Gasteiger partial charge in [0, 0.05) is 5.56 Å². The number of carbonyl (C=O) groups excluding carboxylic acids is 1. The minimum absolute atomic E-state index is 0.180. The molecule has 2 aromatic rings. The molecular weight excluding hydrogens is 253 g/mol. The Balaban J connectivity index is 2.14. The highest BCUT2D eigenvalue weighted by Gasteiger charge is 2.32. The molecule has 0 amide bonds. The Hall–Kier alpha value is -1.84. The molecule has 4 heteroatoms. The summed E-state index contributed by atoms with van der Waals surface area (Å²) in [7, 11) is 0. The van der Waals surface area contributed by atoms with Crippen LogP contribution in [0.2, 0.25) is 0 Å². The van der Waals surface area contributed by atoms with Gasteiger partial charge < -0.3 is 0 Å². The molecule has 0 saturated carbocycles. The van der Waals surface area contributed by atoms with Gasteiger partial charge in [0.15, 0.2) is 5.78 Å². The van der Waals surface area contributed by atoms with E-state index in [0.717, 1.165) is 29.4 Å². The summed E-state index contributed by atoms with van der Waals surface area (Å²) in [4.78, 5) is 11.8. The normalized spacial score (nSPS) is 14.1. The van der Waals surface area contributed by atoms with Crippen LogP contribution in [0.15, 0.2) is 30.3 Å². The predicted molar refractivity (Wildman–Crippen MR) is 66.4 cm³/mol. The fourth-order valence-electron chi connectivity index (χ4n) is 2.77. The van der Waals surface area contributed by atoms with Crippen LogP contribution in [0.5, 0.6) is 0 Å². The molecule has 0 aromatic heterocycles. The van der Waals surface area contributed by atoms with E-state index in [1.54, 1.807) is 18.2 Å². The van der Waals surface area contributed by atoms with Crippen molar-refractivity contribution in [3.05, 3.63) is 47.0 Å². The van der Waals surface area contributed by atoms with Crippen molar-refractivity contribution in [2.75, 3.05) is 0 Å². The molecule has 1 aliphatic carbocycles. The SMILES string of the molecule is O=C(CC(F)(F)F)c1ccc2c3c(cccc13)CC2. The number of halogens is 3. The summed E-state index contributed by atoms with van der Waals surface area (Å²) < 4.78 is 37.0. The van der Waals surface area contributed by atoms with E-state index in [4.69, 9.17) is 0 Å². The number of rotatable bonds is 2. The van der Waals surface area contributed by atoms with Crippen LogP contribution in [0.1, 0.15) is 27.9 Å². The second-order valence-corrected chi connectivity index (χ2v) is 4.83. The summed E-state index contributed by atoms with van der Waals surface area (Å²) in [5, 5.41) is 1.62. The van der Waals surface area contributed by atoms with Crippen LogP contribution < -0.4 is 0 Å². The van der Waals surface area contributed by atoms with Crippen LogP contribution in [0.3, 0.4) is 0 Å². The van der Waals surface area contributed by atoms with Gasteiger partial charge >= 0.3 is 6.18 Å². The van der Waals surface area contributed by atoms with Crippen LogP contribution in [-0.4, -0.2) is 12.0 Å². The van der Waals surface area contributed by atoms with Crippen molar-refractivity contribution >= 4 is 16.6 Å². The maximum atomic E-state index is 12.3. The highest BCUT2D eigenvalue weighted by Crippen LogP contribution is 2.34. The Morgan fingerprint density at radius 1 is 1.05 bits per heavy atom. The van der Waals surface area contributed by atoms with Crippen LogP contribution >= 0.6 is 0 Å². The lowest BCUT2D eigenvalue weighted by Crippen LogP contribution is -2.15. The molecule has 2 aromatic carbocycles. The first-order valence-corrected chi connectivity index (χ1v) is 6.09. The fraction of sp³-hybridized carbons (Fsp3) is 0.267. The third-order valence-electron chi connectivity index (χ3n) is 3.54. The average Bonchev–Trinajstić information content (AvgIpc) is 2.73. The van der Waals surface area contributed by atoms with Crippen molar-refractivity contribution in [2.24, 2.45) is 0 Å². The number of aryl methyl sites for hydroxylation is 2. The fourth-order valence-corrected chi connectivity index (χ4v) is 2.77. The Morgan fingerprint density at radius 3 is 2.42 bits per heavy atom. The molecule has 1 nitrogen and oxygen atoms in total. The number of hydrogen-bond donors (Lipinski definition) is 0. The zero-order chi connectivity index (χ0) is 13.6. The lowest BCUT2D eigenvalue weighted by Gasteiger charge is -2.09. The smallest absolute Gasteiger partial charge is 0.294 e. The van der Waals surface area contributed by atoms with E-state index < -0.39 is 18.4 Å². The van der Waals surface area contributed by atoms with Gasteiger partial charge in [-0.1, -0.05) is 30.3 Å². The molecule has 1 aliphatic rings. The van der Waals surface area contributed by atoms with Crippen molar-refractivity contribution in [3.8, 4) is 0 Å². The van der Waals surface area contributed by atoms with Gasteiger partial charge in [0.25, 0.3) is 0 Å². The van der Waals surface area contributed by atoms with Crippen molar-refractivity contribution < 1.29 is 18.0 Å². The zero-order valence-corrected chi connectivity index (χ0v) is 10.1. The van der Waals surface area contributed by atoms with E-state index in [0.29, 0.717) is 5.39 Å². The summed E-state index contributed by atoms with van der Waals surface area (Å²) in [6.07, 6.45) is -4.07. The lowest BCUT2D eigenvalue weighted by atomic mass is 9.96. The summed E-state index contributed by atoms with van der Waals surface area (Å²) in [5.41, 5.74) is 2.42. The Labute approximate surface area is 108 Å². The molecule has 0 N–H and O–H groups in total. The highest BCUT2D eigenvalue weighted by molar-refractivity contribution is 6.10. The number of Topliss-reactive ketones (excluding diaryl/α,β-unsaturated/α-hetero) is 1. The second-order valence-electron chi connectivity index (χ2n) is 4.83. The molecule has 0 aliphatic heterocycles. The number of ketones is 1. The molecule has 0 saturated heterocycles. The minimum atomic E-state index is -4.46. The summed E-state index contributed by atoms with van der Waals surface area (Å²) in [5.74, 6) is -0.858. The lowest BCUT2D eigenvalue weighted by molar-refractivity contribution is -0.125. The molecule has 0 unspecified atom stereocenters. The van der Waals surface area contributed by atoms with Gasteiger partial charge in [0.05, 0.1) is 0 Å².